The zero-order chi connectivity index (χ0) is 12.8. The summed E-state index contributed by atoms with van der Waals surface area (Å²) in [6, 6.07) is 9.82. The van der Waals surface area contributed by atoms with E-state index in [4.69, 9.17) is 15.2 Å². The molecule has 0 atom stereocenters. The molecule has 0 aromatic heterocycles. The molecule has 0 aliphatic heterocycles. The Morgan fingerprint density at radius 3 is 2.44 bits per heavy atom. The monoisotopic (exact) mass is 249 g/mol. The summed E-state index contributed by atoms with van der Waals surface area (Å²) in [7, 11) is 0. The van der Waals surface area contributed by atoms with Crippen LogP contribution in [0.25, 0.3) is 0 Å². The van der Waals surface area contributed by atoms with Crippen molar-refractivity contribution in [2.45, 2.75) is 31.8 Å². The van der Waals surface area contributed by atoms with Crippen molar-refractivity contribution in [1.82, 2.24) is 0 Å². The molecule has 0 saturated heterocycles. The van der Waals surface area contributed by atoms with Gasteiger partial charge in [0.1, 0.15) is 11.9 Å². The quantitative estimate of drug-likeness (QED) is 0.892. The number of ether oxygens (including phenoxy) is 2. The first-order valence-electron chi connectivity index (χ1n) is 6.38. The summed E-state index contributed by atoms with van der Waals surface area (Å²) in [5.74, 6) is 1.45. The number of primary amides is 1. The number of nitrogens with two attached hydrogens (primary N) is 1. The van der Waals surface area contributed by atoms with Crippen molar-refractivity contribution in [2.24, 2.45) is 11.7 Å². The van der Waals surface area contributed by atoms with E-state index < -0.39 is 6.09 Å². The van der Waals surface area contributed by atoms with E-state index in [0.717, 1.165) is 38.0 Å². The van der Waals surface area contributed by atoms with Crippen LogP contribution >= 0.6 is 0 Å². The molecule has 0 radical (unpaired) electrons. The molecular formula is C14H19NO3. The third-order valence-corrected chi connectivity index (χ3v) is 3.31. The van der Waals surface area contributed by atoms with Gasteiger partial charge in [0.15, 0.2) is 0 Å². The lowest BCUT2D eigenvalue weighted by Gasteiger charge is -2.27. The topological polar surface area (TPSA) is 61.6 Å². The van der Waals surface area contributed by atoms with E-state index in [1.165, 1.54) is 0 Å². The molecule has 1 aliphatic carbocycles. The highest BCUT2D eigenvalue weighted by molar-refractivity contribution is 5.64. The summed E-state index contributed by atoms with van der Waals surface area (Å²) in [6.07, 6.45) is 3.13. The first-order valence-corrected chi connectivity index (χ1v) is 6.38. The minimum Gasteiger partial charge on any atom is -0.493 e. The second kappa shape index (κ2) is 6.28. The molecule has 1 aromatic rings. The highest BCUT2D eigenvalue weighted by Crippen LogP contribution is 2.26. The zero-order valence-electron chi connectivity index (χ0n) is 10.4. The van der Waals surface area contributed by atoms with Crippen LogP contribution in [-0.2, 0) is 4.74 Å². The van der Waals surface area contributed by atoms with Crippen LogP contribution in [0.4, 0.5) is 4.79 Å². The fourth-order valence-corrected chi connectivity index (χ4v) is 2.31. The molecule has 1 aromatic carbocycles. The molecule has 4 heteroatoms. The molecular weight excluding hydrogens is 230 g/mol. The number of rotatable bonds is 4. The Kier molecular flexibility index (Phi) is 4.45. The van der Waals surface area contributed by atoms with Gasteiger partial charge >= 0.3 is 6.09 Å². The van der Waals surface area contributed by atoms with E-state index in [1.54, 1.807) is 0 Å². The molecule has 0 unspecified atom stereocenters. The van der Waals surface area contributed by atoms with Crippen molar-refractivity contribution in [3.05, 3.63) is 30.3 Å². The lowest BCUT2D eigenvalue weighted by Crippen LogP contribution is -2.28. The van der Waals surface area contributed by atoms with Crippen molar-refractivity contribution in [2.75, 3.05) is 6.61 Å². The third-order valence-electron chi connectivity index (χ3n) is 3.31. The highest BCUT2D eigenvalue weighted by Gasteiger charge is 2.23. The summed E-state index contributed by atoms with van der Waals surface area (Å²) in [6.45, 7) is 0.729. The van der Waals surface area contributed by atoms with Crippen molar-refractivity contribution in [3.63, 3.8) is 0 Å². The molecule has 98 valence electrons. The predicted molar refractivity (Wildman–Crippen MR) is 68.4 cm³/mol. The van der Waals surface area contributed by atoms with Crippen LogP contribution in [0.3, 0.4) is 0 Å². The summed E-state index contributed by atoms with van der Waals surface area (Å²) >= 11 is 0. The van der Waals surface area contributed by atoms with Crippen molar-refractivity contribution in [1.29, 1.82) is 0 Å². The number of hydrogen-bond acceptors (Lipinski definition) is 3. The number of benzene rings is 1. The molecule has 1 fully saturated rings. The van der Waals surface area contributed by atoms with E-state index in [9.17, 15) is 4.79 Å². The van der Waals surface area contributed by atoms with E-state index in [0.29, 0.717) is 5.92 Å². The van der Waals surface area contributed by atoms with E-state index >= 15 is 0 Å². The molecule has 18 heavy (non-hydrogen) atoms. The Hall–Kier alpha value is -1.71. The van der Waals surface area contributed by atoms with Gasteiger partial charge in [0.2, 0.25) is 0 Å². The Morgan fingerprint density at radius 1 is 1.17 bits per heavy atom. The van der Waals surface area contributed by atoms with Gasteiger partial charge in [-0.25, -0.2) is 4.79 Å². The standard InChI is InChI=1S/C14H19NO3/c15-14(16)18-13-8-6-11(7-9-13)10-17-12-4-2-1-3-5-12/h1-5,11,13H,6-10H2,(H2,15,16)/t11-,13+. The fourth-order valence-electron chi connectivity index (χ4n) is 2.31. The Morgan fingerprint density at radius 2 is 1.83 bits per heavy atom. The number of carbonyl (C=O) groups is 1. The minimum absolute atomic E-state index is 0.00419. The lowest BCUT2D eigenvalue weighted by atomic mass is 9.88. The van der Waals surface area contributed by atoms with E-state index in [1.807, 2.05) is 30.3 Å². The van der Waals surface area contributed by atoms with Gasteiger partial charge in [0.05, 0.1) is 6.61 Å². The smallest absolute Gasteiger partial charge is 0.404 e. The normalized spacial score (nSPS) is 23.3. The van der Waals surface area contributed by atoms with Gasteiger partial charge in [0, 0.05) is 0 Å². The zero-order valence-corrected chi connectivity index (χ0v) is 10.4. The maximum Gasteiger partial charge on any atom is 0.404 e. The first kappa shape index (κ1) is 12.7. The van der Waals surface area contributed by atoms with Gasteiger partial charge in [-0.3, -0.25) is 0 Å². The molecule has 0 heterocycles. The van der Waals surface area contributed by atoms with E-state index in [-0.39, 0.29) is 6.10 Å². The summed E-state index contributed by atoms with van der Waals surface area (Å²) in [5.41, 5.74) is 5.01. The third kappa shape index (κ3) is 3.95. The van der Waals surface area contributed by atoms with Crippen LogP contribution in [0, 0.1) is 5.92 Å². The van der Waals surface area contributed by atoms with Gasteiger partial charge in [0.25, 0.3) is 0 Å². The average Bonchev–Trinajstić information content (AvgIpc) is 2.38. The second-order valence-electron chi connectivity index (χ2n) is 4.70. The minimum atomic E-state index is -0.668. The molecule has 2 N–H and O–H groups in total. The Bertz CT molecular complexity index is 372. The predicted octanol–water partition coefficient (Wildman–Crippen LogP) is 2.72. The molecule has 1 amide bonds. The molecule has 1 aliphatic rings. The summed E-state index contributed by atoms with van der Waals surface area (Å²) in [5, 5.41) is 0. The van der Waals surface area contributed by atoms with Crippen molar-refractivity contribution >= 4 is 6.09 Å². The number of carbonyl (C=O) groups excluding carboxylic acids is 1. The van der Waals surface area contributed by atoms with Gasteiger partial charge in [-0.05, 0) is 43.7 Å². The Balaban J connectivity index is 1.69. The van der Waals surface area contributed by atoms with Crippen molar-refractivity contribution < 1.29 is 14.3 Å². The Labute approximate surface area is 107 Å². The molecule has 1 saturated carbocycles. The highest BCUT2D eigenvalue weighted by atomic mass is 16.6. The largest absolute Gasteiger partial charge is 0.493 e. The van der Waals surface area contributed by atoms with Crippen LogP contribution < -0.4 is 10.5 Å². The lowest BCUT2D eigenvalue weighted by molar-refractivity contribution is 0.0627. The second-order valence-corrected chi connectivity index (χ2v) is 4.70. The van der Waals surface area contributed by atoms with Gasteiger partial charge in [-0.1, -0.05) is 18.2 Å². The van der Waals surface area contributed by atoms with Crippen molar-refractivity contribution in [3.8, 4) is 5.75 Å². The molecule has 4 nitrogen and oxygen atoms in total. The number of amides is 1. The number of para-hydroxylation sites is 1. The molecule has 0 bridgehead atoms. The van der Waals surface area contributed by atoms with Gasteiger partial charge in [-0.15, -0.1) is 0 Å². The van der Waals surface area contributed by atoms with Crippen LogP contribution in [0.5, 0.6) is 5.75 Å². The van der Waals surface area contributed by atoms with Crippen LogP contribution in [0.2, 0.25) is 0 Å². The maximum atomic E-state index is 10.6. The summed E-state index contributed by atoms with van der Waals surface area (Å²) in [4.78, 5) is 10.6. The first-order chi connectivity index (χ1) is 8.74. The average molecular weight is 249 g/mol. The van der Waals surface area contributed by atoms with Crippen LogP contribution in [0.15, 0.2) is 30.3 Å². The molecule has 2 rings (SSSR count). The maximum absolute atomic E-state index is 10.6. The fraction of sp³-hybridized carbons (Fsp3) is 0.500. The SMILES string of the molecule is NC(=O)O[C@H]1CC[C@@H](COc2ccccc2)CC1. The van der Waals surface area contributed by atoms with Crippen LogP contribution in [0.1, 0.15) is 25.7 Å². The number of hydrogen-bond donors (Lipinski definition) is 1. The van der Waals surface area contributed by atoms with Gasteiger partial charge in [-0.2, -0.15) is 0 Å². The van der Waals surface area contributed by atoms with Crippen LogP contribution in [-0.4, -0.2) is 18.8 Å². The molecule has 0 spiro atoms. The van der Waals surface area contributed by atoms with E-state index in [2.05, 4.69) is 0 Å². The van der Waals surface area contributed by atoms with Gasteiger partial charge < -0.3 is 15.2 Å². The summed E-state index contributed by atoms with van der Waals surface area (Å²) < 4.78 is 10.7.